The van der Waals surface area contributed by atoms with Crippen molar-refractivity contribution in [3.05, 3.63) is 58.4 Å². The van der Waals surface area contributed by atoms with E-state index >= 15 is 0 Å². The highest BCUT2D eigenvalue weighted by molar-refractivity contribution is 5.49. The molecule has 0 radical (unpaired) electrons. The van der Waals surface area contributed by atoms with Gasteiger partial charge in [0.05, 0.1) is 17.4 Å². The largest absolute Gasteiger partial charge is 0.377 e. The number of hydrogen-bond donors (Lipinski definition) is 1. The molecular weight excluding hydrogens is 258 g/mol. The summed E-state index contributed by atoms with van der Waals surface area (Å²) >= 11 is 0. The van der Waals surface area contributed by atoms with E-state index in [1.54, 1.807) is 13.8 Å². The predicted molar refractivity (Wildman–Crippen MR) is 76.8 cm³/mol. The highest BCUT2D eigenvalue weighted by Gasteiger charge is 2.14. The Bertz CT molecular complexity index is 639. The van der Waals surface area contributed by atoms with E-state index in [4.69, 9.17) is 0 Å². The summed E-state index contributed by atoms with van der Waals surface area (Å²) in [5.74, 6) is -0.796. The third-order valence-electron chi connectivity index (χ3n) is 3.34. The van der Waals surface area contributed by atoms with Crippen LogP contribution in [0.15, 0.2) is 24.3 Å². The smallest absolute Gasteiger partial charge is 0.128 e. The number of aromatic nitrogens is 1. The topological polar surface area (TPSA) is 24.9 Å². The Balaban J connectivity index is 2.28. The number of hydrogen-bond acceptors (Lipinski definition) is 2. The summed E-state index contributed by atoms with van der Waals surface area (Å²) in [6.45, 7) is 7.14. The van der Waals surface area contributed by atoms with Crippen molar-refractivity contribution >= 4 is 5.69 Å². The molecule has 2 nitrogen and oxygen atoms in total. The molecule has 106 valence electrons. The van der Waals surface area contributed by atoms with Gasteiger partial charge in [0.15, 0.2) is 0 Å². The zero-order valence-corrected chi connectivity index (χ0v) is 12.1. The van der Waals surface area contributed by atoms with Gasteiger partial charge >= 0.3 is 0 Å². The number of nitrogens with one attached hydrogen (secondary N) is 1. The van der Waals surface area contributed by atoms with Gasteiger partial charge in [0.1, 0.15) is 11.6 Å². The van der Waals surface area contributed by atoms with Gasteiger partial charge in [-0.05, 0) is 57.5 Å². The molecule has 1 N–H and O–H groups in total. The zero-order chi connectivity index (χ0) is 14.9. The number of rotatable bonds is 3. The lowest BCUT2D eigenvalue weighted by molar-refractivity contribution is 0.571. The maximum Gasteiger partial charge on any atom is 0.128 e. The molecule has 1 atom stereocenters. The molecule has 1 aromatic heterocycles. The molecule has 1 heterocycles. The predicted octanol–water partition coefficient (Wildman–Crippen LogP) is 4.46. The highest BCUT2D eigenvalue weighted by Crippen LogP contribution is 2.25. The van der Waals surface area contributed by atoms with Crippen LogP contribution in [0.4, 0.5) is 14.5 Å². The molecule has 0 aliphatic heterocycles. The molecule has 0 amide bonds. The first-order valence-electron chi connectivity index (χ1n) is 6.55. The Morgan fingerprint density at radius 1 is 1.05 bits per heavy atom. The molecule has 4 heteroatoms. The minimum Gasteiger partial charge on any atom is -0.377 e. The molecule has 0 aliphatic rings. The fourth-order valence-electron chi connectivity index (χ4n) is 2.14. The second-order valence-electron chi connectivity index (χ2n) is 5.07. The number of halogens is 2. The SMILES string of the molecule is Cc1ccc(NC(C)c2cc(F)c(C)cc2F)c(C)n1. The summed E-state index contributed by atoms with van der Waals surface area (Å²) in [7, 11) is 0. The second kappa shape index (κ2) is 5.57. The van der Waals surface area contributed by atoms with Crippen LogP contribution in [0, 0.1) is 32.4 Å². The van der Waals surface area contributed by atoms with Crippen LogP contribution in [0.1, 0.15) is 35.5 Å². The number of pyridine rings is 1. The molecular formula is C16H18F2N2. The summed E-state index contributed by atoms with van der Waals surface area (Å²) in [6.07, 6.45) is 0. The minimum absolute atomic E-state index is 0.312. The summed E-state index contributed by atoms with van der Waals surface area (Å²) in [6, 6.07) is 5.92. The summed E-state index contributed by atoms with van der Waals surface area (Å²) < 4.78 is 27.5. The van der Waals surface area contributed by atoms with Crippen molar-refractivity contribution in [3.63, 3.8) is 0 Å². The van der Waals surface area contributed by atoms with Gasteiger partial charge in [0.2, 0.25) is 0 Å². The normalized spacial score (nSPS) is 12.3. The van der Waals surface area contributed by atoms with Crippen LogP contribution < -0.4 is 5.32 Å². The van der Waals surface area contributed by atoms with E-state index in [0.717, 1.165) is 17.1 Å². The van der Waals surface area contributed by atoms with Crippen LogP contribution in [-0.2, 0) is 0 Å². The molecule has 0 saturated carbocycles. The molecule has 2 aromatic rings. The fourth-order valence-corrected chi connectivity index (χ4v) is 2.14. The van der Waals surface area contributed by atoms with Crippen LogP contribution in [0.25, 0.3) is 0 Å². The molecule has 1 unspecified atom stereocenters. The maximum absolute atomic E-state index is 13.9. The van der Waals surface area contributed by atoms with Gasteiger partial charge < -0.3 is 5.32 Å². The maximum atomic E-state index is 13.9. The number of nitrogens with zero attached hydrogens (tertiary/aromatic N) is 1. The molecule has 0 spiro atoms. The van der Waals surface area contributed by atoms with Gasteiger partial charge in [-0.1, -0.05) is 0 Å². The fraction of sp³-hybridized carbons (Fsp3) is 0.312. The van der Waals surface area contributed by atoms with Crippen molar-refractivity contribution in [2.45, 2.75) is 33.7 Å². The molecule has 2 rings (SSSR count). The Morgan fingerprint density at radius 3 is 2.40 bits per heavy atom. The first-order valence-corrected chi connectivity index (χ1v) is 6.55. The molecule has 0 fully saturated rings. The standard InChI is InChI=1S/C16H18F2N2/c1-9-7-15(18)13(8-14(9)17)11(3)20-16-6-5-10(2)19-12(16)4/h5-8,11,20H,1-4H3. The average molecular weight is 276 g/mol. The third-order valence-corrected chi connectivity index (χ3v) is 3.34. The molecule has 0 bridgehead atoms. The van der Waals surface area contributed by atoms with E-state index in [9.17, 15) is 8.78 Å². The number of anilines is 1. The van der Waals surface area contributed by atoms with Gasteiger partial charge in [-0.25, -0.2) is 8.78 Å². The minimum atomic E-state index is -0.401. The van der Waals surface area contributed by atoms with Crippen molar-refractivity contribution in [1.82, 2.24) is 4.98 Å². The lowest BCUT2D eigenvalue weighted by atomic mass is 10.0. The van der Waals surface area contributed by atoms with Gasteiger partial charge in [-0.15, -0.1) is 0 Å². The summed E-state index contributed by atoms with van der Waals surface area (Å²) in [4.78, 5) is 4.34. The molecule has 1 aromatic carbocycles. The summed E-state index contributed by atoms with van der Waals surface area (Å²) in [5.41, 5.74) is 3.21. The van der Waals surface area contributed by atoms with Crippen LogP contribution >= 0.6 is 0 Å². The van der Waals surface area contributed by atoms with Gasteiger partial charge in [0.25, 0.3) is 0 Å². The van der Waals surface area contributed by atoms with Crippen LogP contribution in [0.2, 0.25) is 0 Å². The first-order chi connectivity index (χ1) is 9.38. The third kappa shape index (κ3) is 2.95. The van der Waals surface area contributed by atoms with E-state index in [2.05, 4.69) is 10.3 Å². The first kappa shape index (κ1) is 14.4. The van der Waals surface area contributed by atoms with Gasteiger partial charge in [-0.3, -0.25) is 4.98 Å². The lowest BCUT2D eigenvalue weighted by Crippen LogP contribution is -2.11. The van der Waals surface area contributed by atoms with Crippen LogP contribution in [0.5, 0.6) is 0 Å². The van der Waals surface area contributed by atoms with Crippen molar-refractivity contribution in [1.29, 1.82) is 0 Å². The Kier molecular flexibility index (Phi) is 4.02. The monoisotopic (exact) mass is 276 g/mol. The van der Waals surface area contributed by atoms with Crippen molar-refractivity contribution in [2.75, 3.05) is 5.32 Å². The van der Waals surface area contributed by atoms with Crippen LogP contribution in [0.3, 0.4) is 0 Å². The molecule has 20 heavy (non-hydrogen) atoms. The Labute approximate surface area is 117 Å². The lowest BCUT2D eigenvalue weighted by Gasteiger charge is -2.18. The number of benzene rings is 1. The molecule has 0 saturated heterocycles. The number of aryl methyl sites for hydroxylation is 3. The van der Waals surface area contributed by atoms with Gasteiger partial charge in [0, 0.05) is 11.3 Å². The highest BCUT2D eigenvalue weighted by atomic mass is 19.1. The Hall–Kier alpha value is -1.97. The average Bonchev–Trinajstić information content (AvgIpc) is 2.37. The van der Waals surface area contributed by atoms with Crippen LogP contribution in [-0.4, -0.2) is 4.98 Å². The van der Waals surface area contributed by atoms with Gasteiger partial charge in [-0.2, -0.15) is 0 Å². The van der Waals surface area contributed by atoms with Crippen molar-refractivity contribution < 1.29 is 8.78 Å². The second-order valence-corrected chi connectivity index (χ2v) is 5.07. The van der Waals surface area contributed by atoms with E-state index < -0.39 is 11.6 Å². The zero-order valence-electron chi connectivity index (χ0n) is 12.1. The van der Waals surface area contributed by atoms with E-state index in [-0.39, 0.29) is 6.04 Å². The van der Waals surface area contributed by atoms with Crippen molar-refractivity contribution in [2.24, 2.45) is 0 Å². The van der Waals surface area contributed by atoms with E-state index in [1.807, 2.05) is 26.0 Å². The summed E-state index contributed by atoms with van der Waals surface area (Å²) in [5, 5.41) is 3.17. The van der Waals surface area contributed by atoms with Crippen molar-refractivity contribution in [3.8, 4) is 0 Å². The Morgan fingerprint density at radius 2 is 1.75 bits per heavy atom. The quantitative estimate of drug-likeness (QED) is 0.895. The molecule has 0 aliphatic carbocycles. The van der Waals surface area contributed by atoms with E-state index in [0.29, 0.717) is 11.1 Å². The van der Waals surface area contributed by atoms with E-state index in [1.165, 1.54) is 12.1 Å².